The van der Waals surface area contributed by atoms with E-state index in [-0.39, 0.29) is 108 Å². The Bertz CT molecular complexity index is 3290. The van der Waals surface area contributed by atoms with Gasteiger partial charge in [-0.05, 0) is 78.9 Å². The molecule has 4 aliphatic heterocycles. The maximum Gasteiger partial charge on any atom is 0.340 e. The number of phenolic OH excluding ortho intramolecular Hbond substituents is 4. The molecule has 4 heterocycles. The Labute approximate surface area is 459 Å². The lowest BCUT2D eigenvalue weighted by molar-refractivity contribution is 0.0209. The molecule has 0 bridgehead atoms. The second-order valence-electron chi connectivity index (χ2n) is 18.1. The van der Waals surface area contributed by atoms with Crippen LogP contribution in [0.5, 0.6) is 46.0 Å². The van der Waals surface area contributed by atoms with Gasteiger partial charge in [0.15, 0.2) is 11.2 Å². The molecular formula is C60H54N2O18. The molecule has 412 valence electrons. The van der Waals surface area contributed by atoms with Crippen LogP contribution in [0.15, 0.2) is 109 Å². The highest BCUT2D eigenvalue weighted by molar-refractivity contribution is 6.02. The van der Waals surface area contributed by atoms with Crippen molar-refractivity contribution in [1.29, 1.82) is 0 Å². The molecule has 10 rings (SSSR count). The van der Waals surface area contributed by atoms with Gasteiger partial charge in [-0.25, -0.2) is 9.59 Å². The van der Waals surface area contributed by atoms with Gasteiger partial charge in [-0.1, -0.05) is 17.9 Å². The zero-order valence-corrected chi connectivity index (χ0v) is 43.0. The lowest BCUT2D eigenvalue weighted by atomic mass is 9.77. The molecule has 0 atom stereocenters. The molecule has 0 aromatic heterocycles. The standard InChI is InChI=1S/2C30H27NO9/c1-2-10-36-12-14-38-15-13-37-11-9-31-28(34)19-3-6-23-22(16-19)29(35)40-30(23)24-7-4-20(32)17-26(24)39-27-18-21(33)5-8-25(27)30;1-2-10-36-12-14-38-15-13-37-11-9-31-28(34)19-3-6-22-25(16-19)30(40-29(22)35)23-7-4-20(32)17-26(23)39-27-18-21(33)5-8-24(27)30/h2*1,3-8,16-18,32-33H,9-15H2,(H,31,34). The molecule has 80 heavy (non-hydrogen) atoms. The van der Waals surface area contributed by atoms with Crippen molar-refractivity contribution in [1.82, 2.24) is 10.6 Å². The van der Waals surface area contributed by atoms with Crippen LogP contribution in [0.2, 0.25) is 0 Å². The van der Waals surface area contributed by atoms with Crippen molar-refractivity contribution in [2.24, 2.45) is 0 Å². The third-order valence-electron chi connectivity index (χ3n) is 13.0. The zero-order valence-electron chi connectivity index (χ0n) is 43.0. The molecule has 0 saturated heterocycles. The fourth-order valence-corrected chi connectivity index (χ4v) is 9.51. The van der Waals surface area contributed by atoms with Gasteiger partial charge in [0.05, 0.1) is 77.2 Å². The molecule has 4 aliphatic rings. The predicted molar refractivity (Wildman–Crippen MR) is 283 cm³/mol. The van der Waals surface area contributed by atoms with E-state index < -0.39 is 23.1 Å². The number of aromatic hydroxyl groups is 4. The fraction of sp³-hybridized carbons (Fsp3) is 0.267. The second kappa shape index (κ2) is 25.1. The molecule has 0 unspecified atom stereocenters. The lowest BCUT2D eigenvalue weighted by Crippen LogP contribution is -2.33. The van der Waals surface area contributed by atoms with Crippen LogP contribution in [-0.4, -0.2) is 137 Å². The van der Waals surface area contributed by atoms with E-state index in [9.17, 15) is 39.6 Å². The number of phenols is 4. The smallest absolute Gasteiger partial charge is 0.340 e. The number of ether oxygens (including phenoxy) is 10. The molecule has 20 nitrogen and oxygen atoms in total. The SMILES string of the molecule is C#CCOCCOCCOCCNC(=O)c1ccc2c(c1)C(=O)OC21c2ccc(O)cc2Oc2cc(O)ccc21.C#CCOCCOCCOCCNC(=O)c1ccc2c(c1)C1(OC2=O)c2ccc(O)cc2Oc2cc(O)ccc21. The molecule has 6 aromatic carbocycles. The summed E-state index contributed by atoms with van der Waals surface area (Å²) in [7, 11) is 0. The second-order valence-corrected chi connectivity index (χ2v) is 18.1. The van der Waals surface area contributed by atoms with E-state index in [4.69, 9.17) is 60.2 Å². The summed E-state index contributed by atoms with van der Waals surface area (Å²) >= 11 is 0. The van der Waals surface area contributed by atoms with Gasteiger partial charge in [-0.2, -0.15) is 0 Å². The molecule has 6 N–H and O–H groups in total. The lowest BCUT2D eigenvalue weighted by Gasteiger charge is -2.36. The van der Waals surface area contributed by atoms with E-state index in [1.807, 2.05) is 0 Å². The molecule has 6 aromatic rings. The Hall–Kier alpha value is -9.12. The van der Waals surface area contributed by atoms with Crippen LogP contribution in [-0.2, 0) is 49.1 Å². The number of benzene rings is 6. The number of hydrogen-bond donors (Lipinski definition) is 6. The van der Waals surface area contributed by atoms with Crippen LogP contribution in [0.4, 0.5) is 0 Å². The van der Waals surface area contributed by atoms with Crippen LogP contribution in [0.3, 0.4) is 0 Å². The van der Waals surface area contributed by atoms with Crippen molar-refractivity contribution in [3.63, 3.8) is 0 Å². The molecule has 2 amide bonds. The summed E-state index contributed by atoms with van der Waals surface area (Å²) in [6.07, 6.45) is 10.2. The van der Waals surface area contributed by atoms with Crippen LogP contribution in [0, 0.1) is 24.7 Å². The Kier molecular flexibility index (Phi) is 17.5. The van der Waals surface area contributed by atoms with Crippen molar-refractivity contribution in [3.8, 4) is 70.7 Å². The minimum atomic E-state index is -1.44. The summed E-state index contributed by atoms with van der Waals surface area (Å²) in [5.41, 5.74) is 1.25. The summed E-state index contributed by atoms with van der Waals surface area (Å²) in [5.74, 6) is 3.77. The Morgan fingerprint density at radius 1 is 0.425 bits per heavy atom. The van der Waals surface area contributed by atoms with Crippen molar-refractivity contribution in [2.45, 2.75) is 11.2 Å². The van der Waals surface area contributed by atoms with Gasteiger partial charge >= 0.3 is 11.9 Å². The molecular weight excluding hydrogens is 1040 g/mol. The molecule has 0 radical (unpaired) electrons. The van der Waals surface area contributed by atoms with E-state index in [1.165, 1.54) is 54.6 Å². The zero-order chi connectivity index (χ0) is 56.2. The van der Waals surface area contributed by atoms with Crippen LogP contribution < -0.4 is 20.1 Å². The first kappa shape index (κ1) is 55.6. The first-order valence-corrected chi connectivity index (χ1v) is 25.2. The average Bonchev–Trinajstić information content (AvgIpc) is 4.00. The summed E-state index contributed by atoms with van der Waals surface area (Å²) in [6.45, 7) is 4.74. The number of carbonyl (C=O) groups is 4. The third kappa shape index (κ3) is 11.7. The van der Waals surface area contributed by atoms with Crippen molar-refractivity contribution >= 4 is 23.8 Å². The number of amides is 2. The average molecular weight is 1090 g/mol. The number of nitrogens with one attached hydrogen (secondary N) is 2. The predicted octanol–water partition coefficient (Wildman–Crippen LogP) is 6.16. The quantitative estimate of drug-likeness (QED) is 0.0253. The van der Waals surface area contributed by atoms with Crippen LogP contribution in [0.1, 0.15) is 74.8 Å². The molecule has 2 spiro atoms. The van der Waals surface area contributed by atoms with Crippen molar-refractivity contribution in [3.05, 3.63) is 165 Å². The molecule has 0 fully saturated rings. The van der Waals surface area contributed by atoms with E-state index in [2.05, 4.69) is 22.5 Å². The van der Waals surface area contributed by atoms with Gasteiger partial charge in [0.1, 0.15) is 59.2 Å². The summed E-state index contributed by atoms with van der Waals surface area (Å²) in [4.78, 5) is 52.0. The Balaban J connectivity index is 0.000000194. The van der Waals surface area contributed by atoms with Gasteiger partial charge in [0, 0.05) is 81.9 Å². The first-order chi connectivity index (χ1) is 38.9. The van der Waals surface area contributed by atoms with Crippen LogP contribution >= 0.6 is 0 Å². The number of carbonyl (C=O) groups excluding carboxylic acids is 4. The number of esters is 2. The van der Waals surface area contributed by atoms with Gasteiger partial charge < -0.3 is 78.4 Å². The highest BCUT2D eigenvalue weighted by Crippen LogP contribution is 2.59. The van der Waals surface area contributed by atoms with Gasteiger partial charge in [0.25, 0.3) is 11.8 Å². The van der Waals surface area contributed by atoms with E-state index in [1.54, 1.807) is 54.6 Å². The number of hydrogen-bond acceptors (Lipinski definition) is 18. The van der Waals surface area contributed by atoms with Gasteiger partial charge in [-0.15, -0.1) is 12.8 Å². The molecule has 0 aliphatic carbocycles. The van der Waals surface area contributed by atoms with E-state index >= 15 is 0 Å². The van der Waals surface area contributed by atoms with Crippen LogP contribution in [0.25, 0.3) is 0 Å². The summed E-state index contributed by atoms with van der Waals surface area (Å²) in [5, 5.41) is 45.8. The maximum absolute atomic E-state index is 13.2. The minimum Gasteiger partial charge on any atom is -0.508 e. The number of terminal acetylenes is 2. The number of fused-ring (bicyclic) bond motifs is 12. The maximum atomic E-state index is 13.2. The minimum absolute atomic E-state index is 0.0312. The fourth-order valence-electron chi connectivity index (χ4n) is 9.51. The number of rotatable bonds is 22. The highest BCUT2D eigenvalue weighted by Gasteiger charge is 2.55. The Morgan fingerprint density at radius 2 is 0.775 bits per heavy atom. The van der Waals surface area contributed by atoms with Gasteiger partial charge in [-0.3, -0.25) is 9.59 Å². The monoisotopic (exact) mass is 1090 g/mol. The largest absolute Gasteiger partial charge is 0.508 e. The molecule has 20 heteroatoms. The van der Waals surface area contributed by atoms with E-state index in [0.29, 0.717) is 97.4 Å². The highest BCUT2D eigenvalue weighted by atomic mass is 16.6. The molecule has 0 saturated carbocycles. The van der Waals surface area contributed by atoms with Crippen molar-refractivity contribution < 1.29 is 87.0 Å². The topological polar surface area (TPSA) is 266 Å². The van der Waals surface area contributed by atoms with E-state index in [0.717, 1.165) is 0 Å². The normalized spacial score (nSPS) is 13.9. The van der Waals surface area contributed by atoms with Crippen molar-refractivity contribution in [2.75, 3.05) is 92.4 Å². The third-order valence-corrected chi connectivity index (χ3v) is 13.0. The van der Waals surface area contributed by atoms with Gasteiger partial charge in [0.2, 0.25) is 0 Å². The first-order valence-electron chi connectivity index (χ1n) is 25.2. The summed E-state index contributed by atoms with van der Waals surface area (Å²) in [6, 6.07) is 27.5. The summed E-state index contributed by atoms with van der Waals surface area (Å²) < 4.78 is 55.8. The Morgan fingerprint density at radius 3 is 1.20 bits per heavy atom.